The number of amides is 1. The normalized spacial score (nSPS) is 18.1. The van der Waals surface area contributed by atoms with Gasteiger partial charge >= 0.3 is 0 Å². The molecule has 7 nitrogen and oxygen atoms in total. The van der Waals surface area contributed by atoms with Crippen LogP contribution in [-0.4, -0.2) is 51.0 Å². The highest BCUT2D eigenvalue weighted by Crippen LogP contribution is 2.21. The van der Waals surface area contributed by atoms with E-state index in [9.17, 15) is 13.2 Å². The largest absolute Gasteiger partial charge is 0.481 e. The molecule has 0 radical (unpaired) electrons. The molecule has 2 N–H and O–H groups in total. The van der Waals surface area contributed by atoms with Crippen LogP contribution < -0.4 is 10.5 Å². The third-order valence-electron chi connectivity index (χ3n) is 3.15. The first-order valence-electron chi connectivity index (χ1n) is 6.55. The highest BCUT2D eigenvalue weighted by Gasteiger charge is 2.26. The van der Waals surface area contributed by atoms with Gasteiger partial charge < -0.3 is 15.2 Å². The third kappa shape index (κ3) is 3.72. The van der Waals surface area contributed by atoms with Crippen molar-refractivity contribution in [3.8, 4) is 5.75 Å². The van der Waals surface area contributed by atoms with Crippen molar-refractivity contribution < 1.29 is 22.7 Å². The van der Waals surface area contributed by atoms with Crippen LogP contribution in [0, 0.1) is 0 Å². The Hall–Kier alpha value is -1.64. The van der Waals surface area contributed by atoms with E-state index < -0.39 is 22.0 Å². The van der Waals surface area contributed by atoms with Gasteiger partial charge in [0.25, 0.3) is 5.91 Å². The average molecular weight is 314 g/mol. The number of morpholine rings is 1. The summed E-state index contributed by atoms with van der Waals surface area (Å²) in [6, 6.07) is 5.92. The zero-order chi connectivity index (χ0) is 15.5. The van der Waals surface area contributed by atoms with E-state index in [1.165, 1.54) is 35.5 Å². The Morgan fingerprint density at radius 3 is 2.38 bits per heavy atom. The van der Waals surface area contributed by atoms with E-state index in [4.69, 9.17) is 15.2 Å². The van der Waals surface area contributed by atoms with E-state index in [0.717, 1.165) is 0 Å². The van der Waals surface area contributed by atoms with Gasteiger partial charge in [0.2, 0.25) is 10.0 Å². The minimum absolute atomic E-state index is 0.184. The summed E-state index contributed by atoms with van der Waals surface area (Å²) in [5.74, 6) is -0.192. The molecule has 0 bridgehead atoms. The zero-order valence-corrected chi connectivity index (χ0v) is 12.5. The molecule has 0 aromatic heterocycles. The summed E-state index contributed by atoms with van der Waals surface area (Å²) in [7, 11) is -3.52. The molecule has 1 aliphatic heterocycles. The van der Waals surface area contributed by atoms with E-state index >= 15 is 0 Å². The molecule has 1 amide bonds. The van der Waals surface area contributed by atoms with Crippen LogP contribution in [0.1, 0.15) is 6.92 Å². The molecule has 0 saturated carbocycles. The van der Waals surface area contributed by atoms with Crippen molar-refractivity contribution in [2.75, 3.05) is 26.3 Å². The molecule has 0 aliphatic carbocycles. The molecule has 8 heteroatoms. The van der Waals surface area contributed by atoms with Crippen molar-refractivity contribution in [2.45, 2.75) is 17.9 Å². The van der Waals surface area contributed by atoms with E-state index in [1.54, 1.807) is 0 Å². The smallest absolute Gasteiger partial charge is 0.258 e. The molecular formula is C13H18N2O5S. The summed E-state index contributed by atoms with van der Waals surface area (Å²) >= 11 is 0. The van der Waals surface area contributed by atoms with Crippen molar-refractivity contribution in [1.29, 1.82) is 0 Å². The Balaban J connectivity index is 2.12. The van der Waals surface area contributed by atoms with Crippen LogP contribution in [0.5, 0.6) is 5.75 Å². The summed E-state index contributed by atoms with van der Waals surface area (Å²) in [6.07, 6.45) is -0.772. The maximum atomic E-state index is 12.4. The Labute approximate surface area is 123 Å². The van der Waals surface area contributed by atoms with Gasteiger partial charge in [0, 0.05) is 13.1 Å². The second kappa shape index (κ2) is 6.42. The standard InChI is InChI=1S/C13H18N2O5S/c1-10(13(14)16)20-11-2-4-12(5-3-11)21(17,18)15-6-8-19-9-7-15/h2-5,10H,6-9H2,1H3,(H2,14,16)/t10-/m0/s1. The fourth-order valence-corrected chi connectivity index (χ4v) is 3.30. The number of carbonyl (C=O) groups is 1. The van der Waals surface area contributed by atoms with Crippen molar-refractivity contribution >= 4 is 15.9 Å². The van der Waals surface area contributed by atoms with Gasteiger partial charge in [-0.15, -0.1) is 0 Å². The predicted molar refractivity (Wildman–Crippen MR) is 75.3 cm³/mol. The molecule has 1 aromatic carbocycles. The van der Waals surface area contributed by atoms with Gasteiger partial charge in [-0.25, -0.2) is 8.42 Å². The summed E-state index contributed by atoms with van der Waals surface area (Å²) in [4.78, 5) is 11.1. The minimum Gasteiger partial charge on any atom is -0.481 e. The second-order valence-electron chi connectivity index (χ2n) is 4.65. The highest BCUT2D eigenvalue weighted by atomic mass is 32.2. The fraction of sp³-hybridized carbons (Fsp3) is 0.462. The van der Waals surface area contributed by atoms with Crippen LogP contribution in [0.2, 0.25) is 0 Å². The van der Waals surface area contributed by atoms with Crippen LogP contribution in [0.4, 0.5) is 0 Å². The first kappa shape index (κ1) is 15.7. The summed E-state index contributed by atoms with van der Waals surface area (Å²) in [5.41, 5.74) is 5.10. The molecule has 0 unspecified atom stereocenters. The Kier molecular flexibility index (Phi) is 4.81. The lowest BCUT2D eigenvalue weighted by molar-refractivity contribution is -0.123. The average Bonchev–Trinajstić information content (AvgIpc) is 2.48. The predicted octanol–water partition coefficient (Wildman–Crippen LogP) is -0.0399. The SMILES string of the molecule is C[C@H](Oc1ccc(S(=O)(=O)N2CCOCC2)cc1)C(N)=O. The maximum Gasteiger partial charge on any atom is 0.258 e. The molecule has 21 heavy (non-hydrogen) atoms. The number of ether oxygens (including phenoxy) is 2. The van der Waals surface area contributed by atoms with Gasteiger partial charge in [0.05, 0.1) is 18.1 Å². The van der Waals surface area contributed by atoms with Crippen molar-refractivity contribution in [1.82, 2.24) is 4.31 Å². The zero-order valence-electron chi connectivity index (χ0n) is 11.7. The van der Waals surface area contributed by atoms with Gasteiger partial charge in [0.15, 0.2) is 6.10 Å². The summed E-state index contributed by atoms with van der Waals surface area (Å²) in [5, 5.41) is 0. The summed E-state index contributed by atoms with van der Waals surface area (Å²) in [6.45, 7) is 3.02. The van der Waals surface area contributed by atoms with E-state index in [-0.39, 0.29) is 4.90 Å². The maximum absolute atomic E-state index is 12.4. The molecule has 0 spiro atoms. The Bertz CT molecular complexity index is 593. The van der Waals surface area contributed by atoms with Gasteiger partial charge in [-0.05, 0) is 31.2 Å². The number of primary amides is 1. The van der Waals surface area contributed by atoms with Crippen LogP contribution in [-0.2, 0) is 19.6 Å². The van der Waals surface area contributed by atoms with Gasteiger partial charge in [-0.1, -0.05) is 0 Å². The van der Waals surface area contributed by atoms with Crippen LogP contribution in [0.25, 0.3) is 0 Å². The van der Waals surface area contributed by atoms with Gasteiger partial charge in [0.1, 0.15) is 5.75 Å². The summed E-state index contributed by atoms with van der Waals surface area (Å²) < 4.78 is 36.6. The lowest BCUT2D eigenvalue weighted by Crippen LogP contribution is -2.40. The number of carbonyl (C=O) groups excluding carboxylic acids is 1. The molecule has 2 rings (SSSR count). The number of benzene rings is 1. The van der Waals surface area contributed by atoms with Crippen LogP contribution in [0.15, 0.2) is 29.2 Å². The van der Waals surface area contributed by atoms with E-state index in [1.807, 2.05) is 0 Å². The van der Waals surface area contributed by atoms with Gasteiger partial charge in [-0.3, -0.25) is 4.79 Å². The number of nitrogens with zero attached hydrogens (tertiary/aromatic N) is 1. The molecule has 1 fully saturated rings. The fourth-order valence-electron chi connectivity index (χ4n) is 1.89. The first-order chi connectivity index (χ1) is 9.91. The van der Waals surface area contributed by atoms with E-state index in [2.05, 4.69) is 0 Å². The van der Waals surface area contributed by atoms with Crippen LogP contribution >= 0.6 is 0 Å². The van der Waals surface area contributed by atoms with Gasteiger partial charge in [-0.2, -0.15) is 4.31 Å². The highest BCUT2D eigenvalue weighted by molar-refractivity contribution is 7.89. The third-order valence-corrected chi connectivity index (χ3v) is 5.06. The lowest BCUT2D eigenvalue weighted by atomic mass is 10.3. The second-order valence-corrected chi connectivity index (χ2v) is 6.59. The molecule has 1 heterocycles. The van der Waals surface area contributed by atoms with Crippen molar-refractivity contribution in [3.05, 3.63) is 24.3 Å². The monoisotopic (exact) mass is 314 g/mol. The Morgan fingerprint density at radius 2 is 1.86 bits per heavy atom. The molecule has 1 aromatic rings. The Morgan fingerprint density at radius 1 is 1.29 bits per heavy atom. The first-order valence-corrected chi connectivity index (χ1v) is 7.99. The quantitative estimate of drug-likeness (QED) is 0.822. The number of nitrogens with two attached hydrogens (primary N) is 1. The molecule has 1 saturated heterocycles. The molecular weight excluding hydrogens is 296 g/mol. The minimum atomic E-state index is -3.52. The molecule has 1 aliphatic rings. The van der Waals surface area contributed by atoms with Crippen molar-refractivity contribution in [2.24, 2.45) is 5.73 Å². The molecule has 116 valence electrons. The molecule has 1 atom stereocenters. The number of hydrogen-bond acceptors (Lipinski definition) is 5. The van der Waals surface area contributed by atoms with Crippen molar-refractivity contribution in [3.63, 3.8) is 0 Å². The number of sulfonamides is 1. The number of rotatable bonds is 5. The lowest BCUT2D eigenvalue weighted by Gasteiger charge is -2.26. The number of hydrogen-bond donors (Lipinski definition) is 1. The topological polar surface area (TPSA) is 98.9 Å². The van der Waals surface area contributed by atoms with Crippen LogP contribution in [0.3, 0.4) is 0 Å². The van der Waals surface area contributed by atoms with E-state index in [0.29, 0.717) is 32.1 Å².